The number of pyridine rings is 6. The van der Waals surface area contributed by atoms with Crippen molar-refractivity contribution in [3.05, 3.63) is 127 Å². The number of aromatic nitrogens is 9. The Morgan fingerprint density at radius 1 is 0.500 bits per heavy atom. The standard InChI is InChI=1S/C28H33N7O2.C27H30N6O3.C25H24N6O2/c1-4-37-24-17-25(28-23(18-29)20-31-35(28)21-24)22-10-11-26(30-19-22)33-13-15-34(16-14-33)27(36)9-7-5-6-8-12-32(2)3;1-3-36-23-16-24(27-22(17-28)19-30-33(27)20-23)21-9-10-25(29-18-21)31-11-13-32(14-12-31)26(34)8-6-4-5-7-15-35-2;1-3-23(32)30-10-8-25(17-30)7-9-29(16-25)22-6-5-18(13-27-22)21-11-20(33-4-2)15-31-24(21)19(12-26)14-28-31/h10-11,17,19-21H,4,7-9,12-16H2,1-3H3;9-10,16,18-20H,3,6-8,11-15H2,1-2H3;1,5-6,11,13-15H,4,7-10,16-17H2,2H3. The minimum absolute atomic E-state index is 0.0874. The summed E-state index contributed by atoms with van der Waals surface area (Å²) in [4.78, 5) is 65.5. The van der Waals surface area contributed by atoms with Crippen molar-refractivity contribution in [2.45, 2.75) is 72.1 Å². The molecular formula is C80H87N19O7. The van der Waals surface area contributed by atoms with Crippen molar-refractivity contribution >= 4 is 51.7 Å². The smallest absolute Gasteiger partial charge is 0.298 e. The van der Waals surface area contributed by atoms with Crippen LogP contribution in [0.2, 0.25) is 0 Å². The van der Waals surface area contributed by atoms with Crippen molar-refractivity contribution in [3.8, 4) is 105 Å². The van der Waals surface area contributed by atoms with Crippen molar-refractivity contribution in [3.63, 3.8) is 0 Å². The van der Waals surface area contributed by atoms with Gasteiger partial charge in [-0.3, -0.25) is 14.4 Å². The number of fused-ring (bicyclic) bond motifs is 3. The Morgan fingerprint density at radius 3 is 1.26 bits per heavy atom. The Balaban J connectivity index is 0.000000159. The van der Waals surface area contributed by atoms with Crippen molar-refractivity contribution in [1.29, 1.82) is 15.8 Å². The first kappa shape index (κ1) is 75.0. The van der Waals surface area contributed by atoms with Crippen molar-refractivity contribution in [2.24, 2.45) is 5.41 Å². The van der Waals surface area contributed by atoms with Crippen LogP contribution < -0.4 is 28.9 Å². The fourth-order valence-corrected chi connectivity index (χ4v) is 13.6. The SMILES string of the molecule is C#CC(=O)N1CCC2(CCN(c3ccc(-c4cc(OCC)cn5ncc(C#N)c45)cn3)C2)C1.CCOc1cc(-c2ccc(N3CCN(C(=O)CCC#CCCN(C)C)CC3)nc2)c2c(C#N)cnn2c1.CCOc1cc(-c2ccc(N3CCN(C(=O)CCC#CCCOC)CC3)nc2)c2c(C#N)cnn2c1. The van der Waals surface area contributed by atoms with Gasteiger partial charge in [-0.1, -0.05) is 0 Å². The van der Waals surface area contributed by atoms with Crippen LogP contribution in [-0.4, -0.2) is 214 Å². The van der Waals surface area contributed by atoms with E-state index in [9.17, 15) is 30.2 Å². The van der Waals surface area contributed by atoms with E-state index in [4.69, 9.17) is 40.3 Å². The van der Waals surface area contributed by atoms with Crippen LogP contribution in [0, 0.1) is 75.4 Å². The fourth-order valence-electron chi connectivity index (χ4n) is 13.6. The molecule has 9 aromatic rings. The Morgan fingerprint density at radius 2 is 0.896 bits per heavy atom. The number of hydrogen-bond donors (Lipinski definition) is 0. The van der Waals surface area contributed by atoms with Gasteiger partial charge in [0.15, 0.2) is 0 Å². The lowest BCUT2D eigenvalue weighted by molar-refractivity contribution is -0.132. The van der Waals surface area contributed by atoms with Crippen LogP contribution in [0.1, 0.15) is 88.8 Å². The van der Waals surface area contributed by atoms with Crippen LogP contribution in [0.25, 0.3) is 49.9 Å². The molecular weight excluding hydrogens is 1340 g/mol. The summed E-state index contributed by atoms with van der Waals surface area (Å²) in [6.45, 7) is 17.7. The van der Waals surface area contributed by atoms with E-state index in [1.54, 1.807) is 62.7 Å². The quantitative estimate of drug-likeness (QED) is 0.0508. The van der Waals surface area contributed by atoms with E-state index in [1.807, 2.05) is 118 Å². The lowest BCUT2D eigenvalue weighted by atomic mass is 9.86. The highest BCUT2D eigenvalue weighted by Crippen LogP contribution is 2.42. The summed E-state index contributed by atoms with van der Waals surface area (Å²) in [7, 11) is 5.71. The van der Waals surface area contributed by atoms with Gasteiger partial charge in [0.1, 0.15) is 52.9 Å². The number of nitriles is 3. The van der Waals surface area contributed by atoms with Crippen LogP contribution in [0.15, 0.2) is 110 Å². The molecule has 4 fully saturated rings. The number of hydrogen-bond acceptors (Lipinski definition) is 20. The van der Waals surface area contributed by atoms with Crippen LogP contribution in [0.5, 0.6) is 17.2 Å². The van der Waals surface area contributed by atoms with E-state index < -0.39 is 0 Å². The second kappa shape index (κ2) is 35.8. The topological polar surface area (TPSA) is 273 Å². The molecule has 13 rings (SSSR count). The van der Waals surface area contributed by atoms with Crippen LogP contribution in [0.4, 0.5) is 17.5 Å². The van der Waals surface area contributed by atoms with Crippen LogP contribution >= 0.6 is 0 Å². The maximum atomic E-state index is 12.6. The molecule has 1 atom stereocenters. The number of carbonyl (C=O) groups excluding carboxylic acids is 3. The third-order valence-electron chi connectivity index (χ3n) is 19.0. The Kier molecular flexibility index (Phi) is 25.3. The number of rotatable bonds is 20. The first-order chi connectivity index (χ1) is 51.7. The van der Waals surface area contributed by atoms with Gasteiger partial charge in [-0.05, 0) is 108 Å². The van der Waals surface area contributed by atoms with Gasteiger partial charge in [0, 0.05) is 188 Å². The Labute approximate surface area is 618 Å². The molecule has 0 bridgehead atoms. The summed E-state index contributed by atoms with van der Waals surface area (Å²) >= 11 is 0. The molecule has 0 N–H and O–H groups in total. The molecule has 544 valence electrons. The lowest BCUT2D eigenvalue weighted by Gasteiger charge is -2.35. The zero-order valence-electron chi connectivity index (χ0n) is 61.0. The number of amides is 3. The second-order valence-corrected chi connectivity index (χ2v) is 26.2. The molecule has 0 aliphatic carbocycles. The number of methoxy groups -OCH3 is 1. The van der Waals surface area contributed by atoms with E-state index in [0.29, 0.717) is 125 Å². The minimum atomic E-state index is -0.218. The molecule has 26 nitrogen and oxygen atoms in total. The summed E-state index contributed by atoms with van der Waals surface area (Å²) in [5.41, 5.74) is 8.98. The number of carbonyl (C=O) groups is 3. The third-order valence-corrected chi connectivity index (χ3v) is 19.0. The summed E-state index contributed by atoms with van der Waals surface area (Å²) in [6, 6.07) is 24.4. The third kappa shape index (κ3) is 18.0. The van der Waals surface area contributed by atoms with Gasteiger partial charge < -0.3 is 53.2 Å². The maximum absolute atomic E-state index is 12.6. The van der Waals surface area contributed by atoms with Gasteiger partial charge in [-0.2, -0.15) is 31.1 Å². The molecule has 26 heteroatoms. The van der Waals surface area contributed by atoms with Crippen molar-refractivity contribution in [2.75, 3.05) is 147 Å². The van der Waals surface area contributed by atoms with Gasteiger partial charge in [0.05, 0.1) is 96.8 Å². The predicted octanol–water partition coefficient (Wildman–Crippen LogP) is 8.91. The molecule has 106 heavy (non-hydrogen) atoms. The summed E-state index contributed by atoms with van der Waals surface area (Å²) in [5.74, 6) is 19.3. The largest absolute Gasteiger partial charge is 0.492 e. The fraction of sp³-hybridized carbons (Fsp3) is 0.400. The average Bonchev–Trinajstić information content (AvgIpc) is 1.56. The number of ether oxygens (including phenoxy) is 4. The summed E-state index contributed by atoms with van der Waals surface area (Å²) in [5, 5.41) is 41.6. The van der Waals surface area contributed by atoms with Gasteiger partial charge in [-0.25, -0.2) is 28.5 Å². The Bertz CT molecular complexity index is 4890. The monoisotopic (exact) mass is 1430 g/mol. The molecule has 1 unspecified atom stereocenters. The first-order valence-electron chi connectivity index (χ1n) is 35.8. The molecule has 4 saturated heterocycles. The molecule has 0 radical (unpaired) electrons. The summed E-state index contributed by atoms with van der Waals surface area (Å²) < 4.78 is 27.1. The first-order valence-corrected chi connectivity index (χ1v) is 35.8. The van der Waals surface area contributed by atoms with Crippen molar-refractivity contribution < 1.29 is 33.3 Å². The van der Waals surface area contributed by atoms with E-state index in [2.05, 4.69) is 82.7 Å². The number of likely N-dealkylation sites (tertiary alicyclic amines) is 1. The normalized spacial score (nSPS) is 15.3. The van der Waals surface area contributed by atoms with E-state index in [-0.39, 0.29) is 23.1 Å². The number of anilines is 3. The van der Waals surface area contributed by atoms with Crippen LogP contribution in [-0.2, 0) is 19.1 Å². The summed E-state index contributed by atoms with van der Waals surface area (Å²) in [6.07, 6.45) is 26.4. The molecule has 4 aliphatic rings. The highest BCUT2D eigenvalue weighted by molar-refractivity contribution is 5.93. The highest BCUT2D eigenvalue weighted by Gasteiger charge is 2.45. The zero-order valence-corrected chi connectivity index (χ0v) is 61.0. The van der Waals surface area contributed by atoms with Gasteiger partial charge >= 0.3 is 0 Å². The number of nitrogens with zero attached hydrogens (tertiary/aromatic N) is 19. The molecule has 0 aromatic carbocycles. The average molecular weight is 1430 g/mol. The van der Waals surface area contributed by atoms with Crippen molar-refractivity contribution in [1.82, 2.24) is 63.4 Å². The van der Waals surface area contributed by atoms with E-state index in [1.165, 1.54) is 0 Å². The van der Waals surface area contributed by atoms with E-state index in [0.717, 1.165) is 139 Å². The highest BCUT2D eigenvalue weighted by atomic mass is 16.5. The minimum Gasteiger partial charge on any atom is -0.492 e. The molecule has 1 spiro atoms. The molecule has 0 saturated carbocycles. The second-order valence-electron chi connectivity index (χ2n) is 26.2. The molecule has 4 aliphatic heterocycles. The Hall–Kier alpha value is -12.2. The van der Waals surface area contributed by atoms with Gasteiger partial charge in [-0.15, -0.1) is 30.1 Å². The predicted molar refractivity (Wildman–Crippen MR) is 403 cm³/mol. The van der Waals surface area contributed by atoms with Gasteiger partial charge in [0.2, 0.25) is 11.8 Å². The van der Waals surface area contributed by atoms with Crippen LogP contribution in [0.3, 0.4) is 0 Å². The lowest BCUT2D eigenvalue weighted by Crippen LogP contribution is -2.49. The maximum Gasteiger partial charge on any atom is 0.298 e. The zero-order chi connectivity index (χ0) is 74.5. The number of piperazine rings is 2. The van der Waals surface area contributed by atoms with E-state index >= 15 is 0 Å². The number of terminal acetylenes is 1. The molecule has 3 amide bonds. The molecule has 13 heterocycles. The molecule has 9 aromatic heterocycles. The van der Waals surface area contributed by atoms with Gasteiger partial charge in [0.25, 0.3) is 5.91 Å².